The lowest BCUT2D eigenvalue weighted by Gasteiger charge is -2.31. The Bertz CT molecular complexity index is 1170. The van der Waals surface area contributed by atoms with E-state index in [0.717, 1.165) is 16.8 Å². The molecule has 0 bridgehead atoms. The zero-order valence-corrected chi connectivity index (χ0v) is 15.9. The van der Waals surface area contributed by atoms with Crippen molar-refractivity contribution in [3.63, 3.8) is 0 Å². The van der Waals surface area contributed by atoms with E-state index in [4.69, 9.17) is 4.42 Å². The molecule has 1 aliphatic rings. The summed E-state index contributed by atoms with van der Waals surface area (Å²) in [6, 6.07) is 7.64. The predicted molar refractivity (Wildman–Crippen MR) is 102 cm³/mol. The summed E-state index contributed by atoms with van der Waals surface area (Å²) in [5.41, 5.74) is 0.549. The number of furan rings is 1. The first kappa shape index (κ1) is 20.8. The van der Waals surface area contributed by atoms with Crippen LogP contribution < -0.4 is 10.6 Å². The van der Waals surface area contributed by atoms with Gasteiger partial charge >= 0.3 is 11.9 Å². The van der Waals surface area contributed by atoms with Crippen molar-refractivity contribution >= 4 is 11.4 Å². The Morgan fingerprint density at radius 3 is 2.52 bits per heavy atom. The second-order valence-corrected chi connectivity index (χ2v) is 6.91. The van der Waals surface area contributed by atoms with Gasteiger partial charge in [0.2, 0.25) is 5.76 Å². The average molecular weight is 436 g/mol. The minimum absolute atomic E-state index is 0.0863. The van der Waals surface area contributed by atoms with Crippen LogP contribution in [-0.4, -0.2) is 39.1 Å². The first-order valence-electron chi connectivity index (χ1n) is 9.20. The van der Waals surface area contributed by atoms with E-state index in [2.05, 4.69) is 10.1 Å². The number of aromatic nitrogens is 3. The van der Waals surface area contributed by atoms with Gasteiger partial charge in [-0.25, -0.2) is 13.9 Å². The molecule has 7 nitrogen and oxygen atoms in total. The lowest BCUT2D eigenvalue weighted by Crippen LogP contribution is -2.39. The molecule has 1 N–H and O–H groups in total. The monoisotopic (exact) mass is 436 g/mol. The van der Waals surface area contributed by atoms with Crippen molar-refractivity contribution < 1.29 is 27.1 Å². The number of halogens is 4. The fourth-order valence-electron chi connectivity index (χ4n) is 3.24. The highest BCUT2D eigenvalue weighted by molar-refractivity contribution is 5.71. The van der Waals surface area contributed by atoms with Crippen molar-refractivity contribution in [2.75, 3.05) is 18.0 Å². The lowest BCUT2D eigenvalue weighted by molar-refractivity contribution is -0.153. The summed E-state index contributed by atoms with van der Waals surface area (Å²) in [5, 5.41) is 14.4. The molecule has 0 aliphatic carbocycles. The van der Waals surface area contributed by atoms with Gasteiger partial charge in [-0.3, -0.25) is 0 Å². The Morgan fingerprint density at radius 1 is 1.16 bits per heavy atom. The topological polar surface area (TPSA) is 84.4 Å². The van der Waals surface area contributed by atoms with Gasteiger partial charge in [-0.2, -0.15) is 23.3 Å². The van der Waals surface area contributed by atoms with Crippen molar-refractivity contribution in [3.05, 3.63) is 82.1 Å². The van der Waals surface area contributed by atoms with E-state index < -0.39 is 23.7 Å². The van der Waals surface area contributed by atoms with E-state index in [9.17, 15) is 27.5 Å². The van der Waals surface area contributed by atoms with Gasteiger partial charge < -0.3 is 14.4 Å². The van der Waals surface area contributed by atoms with Crippen LogP contribution in [0.3, 0.4) is 0 Å². The Hall–Kier alpha value is -3.47. The number of hydrogen-bond acceptors (Lipinski definition) is 6. The van der Waals surface area contributed by atoms with Crippen molar-refractivity contribution in [2.45, 2.75) is 18.8 Å². The van der Waals surface area contributed by atoms with E-state index in [1.165, 1.54) is 18.3 Å². The van der Waals surface area contributed by atoms with Crippen LogP contribution in [0.25, 0.3) is 5.57 Å². The number of alkyl halides is 3. The van der Waals surface area contributed by atoms with Gasteiger partial charge in [-0.15, -0.1) is 0 Å². The second kappa shape index (κ2) is 7.99. The molecule has 0 fully saturated rings. The Kier molecular flexibility index (Phi) is 5.36. The maximum absolute atomic E-state index is 13.1. The molecule has 1 atom stereocenters. The van der Waals surface area contributed by atoms with Crippen LogP contribution in [0.4, 0.5) is 23.4 Å². The summed E-state index contributed by atoms with van der Waals surface area (Å²) >= 11 is 0. The van der Waals surface area contributed by atoms with Crippen molar-refractivity contribution in [1.82, 2.24) is 14.8 Å². The third-order valence-electron chi connectivity index (χ3n) is 4.78. The maximum Gasteiger partial charge on any atom is 0.449 e. The molecule has 11 heteroatoms. The summed E-state index contributed by atoms with van der Waals surface area (Å²) < 4.78 is 56.6. The highest BCUT2D eigenvalue weighted by atomic mass is 19.4. The van der Waals surface area contributed by atoms with Crippen LogP contribution in [0.1, 0.15) is 17.1 Å². The number of anilines is 1. The molecule has 31 heavy (non-hydrogen) atoms. The molecule has 0 amide bonds. The Labute approximate surface area is 172 Å². The molecule has 0 radical (unpaired) electrons. The van der Waals surface area contributed by atoms with Gasteiger partial charge in [0.25, 0.3) is 0 Å². The zero-order chi connectivity index (χ0) is 22.2. The maximum atomic E-state index is 13.1. The van der Waals surface area contributed by atoms with Gasteiger partial charge in [0.05, 0.1) is 12.3 Å². The van der Waals surface area contributed by atoms with Crippen LogP contribution in [0.15, 0.2) is 57.9 Å². The summed E-state index contributed by atoms with van der Waals surface area (Å²) in [6.45, 7) is 0.156. The normalized spacial score (nSPS) is 17.0. The molecular formula is C20H16F4N4O3. The third kappa shape index (κ3) is 4.50. The van der Waals surface area contributed by atoms with Crippen LogP contribution in [0.5, 0.6) is 0 Å². The first-order valence-corrected chi connectivity index (χ1v) is 9.20. The number of rotatable bonds is 4. The minimum atomic E-state index is -4.62. The average Bonchev–Trinajstić information content (AvgIpc) is 3.19. The molecular weight excluding hydrogens is 420 g/mol. The molecule has 0 spiro atoms. The SMILES string of the molecule is O=c1nc(N2CC=C(c3ccc(F)cc3)[C@@H](O)C2)cnn1Cc1ccc(C(F)(F)F)o1. The van der Waals surface area contributed by atoms with E-state index >= 15 is 0 Å². The molecule has 1 aliphatic heterocycles. The molecule has 3 aromatic rings. The molecule has 1 aromatic carbocycles. The lowest BCUT2D eigenvalue weighted by atomic mass is 9.97. The zero-order valence-electron chi connectivity index (χ0n) is 15.9. The van der Waals surface area contributed by atoms with E-state index in [-0.39, 0.29) is 30.5 Å². The molecule has 0 unspecified atom stereocenters. The molecule has 4 rings (SSSR count). The second-order valence-electron chi connectivity index (χ2n) is 6.91. The Morgan fingerprint density at radius 2 is 1.90 bits per heavy atom. The fraction of sp³-hybridized carbons (Fsp3) is 0.250. The van der Waals surface area contributed by atoms with Gasteiger partial charge in [-0.05, 0) is 35.4 Å². The van der Waals surface area contributed by atoms with Gasteiger partial charge in [-0.1, -0.05) is 18.2 Å². The number of benzene rings is 1. The van der Waals surface area contributed by atoms with Crippen LogP contribution in [0, 0.1) is 5.82 Å². The number of nitrogens with zero attached hydrogens (tertiary/aromatic N) is 4. The van der Waals surface area contributed by atoms with Crippen molar-refractivity contribution in [2.24, 2.45) is 0 Å². The highest BCUT2D eigenvalue weighted by Gasteiger charge is 2.34. The smallest absolute Gasteiger partial charge is 0.449 e. The highest BCUT2D eigenvalue weighted by Crippen LogP contribution is 2.30. The van der Waals surface area contributed by atoms with Crippen LogP contribution >= 0.6 is 0 Å². The molecule has 0 saturated heterocycles. The summed E-state index contributed by atoms with van der Waals surface area (Å²) in [7, 11) is 0. The Balaban J connectivity index is 1.49. The standard InChI is InChI=1S/C20H16F4N4O3/c21-13-3-1-12(2-4-13)15-7-8-27(11-16(15)29)18-9-25-28(19(30)26-18)10-14-5-6-17(31-14)20(22,23)24/h1-7,9,16,29H,8,10-11H2/t16-/m0/s1. The fourth-order valence-corrected chi connectivity index (χ4v) is 3.24. The molecule has 2 aromatic heterocycles. The number of aliphatic hydroxyl groups excluding tert-OH is 1. The third-order valence-corrected chi connectivity index (χ3v) is 4.78. The van der Waals surface area contributed by atoms with Gasteiger partial charge in [0, 0.05) is 13.1 Å². The summed E-state index contributed by atoms with van der Waals surface area (Å²) in [5.74, 6) is -1.41. The quantitative estimate of drug-likeness (QED) is 0.634. The predicted octanol–water partition coefficient (Wildman–Crippen LogP) is 2.70. The van der Waals surface area contributed by atoms with Gasteiger partial charge in [0.1, 0.15) is 18.1 Å². The van der Waals surface area contributed by atoms with E-state index in [1.54, 1.807) is 23.1 Å². The van der Waals surface area contributed by atoms with Crippen LogP contribution in [-0.2, 0) is 12.7 Å². The number of aliphatic hydroxyl groups is 1. The van der Waals surface area contributed by atoms with Crippen molar-refractivity contribution in [1.29, 1.82) is 0 Å². The number of hydrogen-bond donors (Lipinski definition) is 1. The minimum Gasteiger partial charge on any atom is -0.455 e. The first-order chi connectivity index (χ1) is 14.7. The van der Waals surface area contributed by atoms with Crippen LogP contribution in [0.2, 0.25) is 0 Å². The largest absolute Gasteiger partial charge is 0.455 e. The molecule has 162 valence electrons. The van der Waals surface area contributed by atoms with E-state index in [0.29, 0.717) is 17.7 Å². The summed E-state index contributed by atoms with van der Waals surface area (Å²) in [6.07, 6.45) is -2.48. The molecule has 0 saturated carbocycles. The summed E-state index contributed by atoms with van der Waals surface area (Å²) in [4.78, 5) is 17.8. The number of β-amino-alcohol motifs (C(OH)–C–C–N with tert-alkyl or cyclic N) is 1. The van der Waals surface area contributed by atoms with Gasteiger partial charge in [0.15, 0.2) is 5.82 Å². The van der Waals surface area contributed by atoms with E-state index in [1.807, 2.05) is 0 Å². The van der Waals surface area contributed by atoms with Crippen molar-refractivity contribution in [3.8, 4) is 0 Å². The molecule has 3 heterocycles.